The highest BCUT2D eigenvalue weighted by Gasteiger charge is 2.29. The molecule has 1 heterocycles. The van der Waals surface area contributed by atoms with Gasteiger partial charge in [0.2, 0.25) is 5.88 Å². The van der Waals surface area contributed by atoms with E-state index in [1.54, 1.807) is 0 Å². The Morgan fingerprint density at radius 1 is 1.38 bits per heavy atom. The molecular weight excluding hydrogens is 214 g/mol. The highest BCUT2D eigenvalue weighted by atomic mass is 16.4. The van der Waals surface area contributed by atoms with E-state index in [1.165, 1.54) is 4.57 Å². The summed E-state index contributed by atoms with van der Waals surface area (Å²) in [6.07, 6.45) is 3.20. The summed E-state index contributed by atoms with van der Waals surface area (Å²) in [6.45, 7) is 0. The van der Waals surface area contributed by atoms with Crippen molar-refractivity contribution in [1.29, 1.82) is 0 Å². The molecule has 2 N–H and O–H groups in total. The molecule has 1 aromatic rings. The molecule has 1 aliphatic carbocycles. The molecule has 6 heteroatoms. The van der Waals surface area contributed by atoms with E-state index in [1.807, 2.05) is 0 Å². The number of rotatable bonds is 2. The van der Waals surface area contributed by atoms with Crippen LogP contribution in [-0.4, -0.2) is 20.7 Å². The summed E-state index contributed by atoms with van der Waals surface area (Å²) in [5, 5.41) is 18.2. The second-order valence-corrected chi connectivity index (χ2v) is 4.07. The van der Waals surface area contributed by atoms with Crippen molar-refractivity contribution in [1.82, 2.24) is 4.57 Å². The third-order valence-corrected chi connectivity index (χ3v) is 3.12. The van der Waals surface area contributed by atoms with Crippen LogP contribution in [0.15, 0.2) is 15.5 Å². The van der Waals surface area contributed by atoms with Crippen molar-refractivity contribution in [3.05, 3.63) is 16.8 Å². The summed E-state index contributed by atoms with van der Waals surface area (Å²) in [5.74, 6) is -1.90. The van der Waals surface area contributed by atoms with Crippen LogP contribution in [0, 0.1) is 5.92 Å². The molecule has 0 spiro atoms. The van der Waals surface area contributed by atoms with Gasteiger partial charge in [-0.15, -0.1) is 0 Å². The lowest BCUT2D eigenvalue weighted by molar-refractivity contribution is -0.143. The van der Waals surface area contributed by atoms with E-state index in [0.29, 0.717) is 25.7 Å². The minimum Gasteiger partial charge on any atom is -0.492 e. The Morgan fingerprint density at radius 2 is 2.00 bits per heavy atom. The lowest BCUT2D eigenvalue weighted by Crippen LogP contribution is -2.27. The van der Waals surface area contributed by atoms with E-state index in [9.17, 15) is 14.7 Å². The number of carbonyl (C=O) groups is 1. The molecule has 0 bridgehead atoms. The zero-order valence-corrected chi connectivity index (χ0v) is 8.63. The van der Waals surface area contributed by atoms with Crippen molar-refractivity contribution < 1.29 is 19.4 Å². The first kappa shape index (κ1) is 10.8. The van der Waals surface area contributed by atoms with E-state index >= 15 is 0 Å². The van der Waals surface area contributed by atoms with Crippen molar-refractivity contribution >= 4 is 5.97 Å². The largest absolute Gasteiger partial charge is 0.492 e. The summed E-state index contributed by atoms with van der Waals surface area (Å²) in [7, 11) is 0. The molecule has 16 heavy (non-hydrogen) atoms. The highest BCUT2D eigenvalue weighted by Crippen LogP contribution is 2.33. The molecule has 2 rings (SSSR count). The number of nitrogens with zero attached hydrogens (tertiary/aromatic N) is 1. The minimum atomic E-state index is -0.790. The average Bonchev–Trinajstić information content (AvgIpc) is 2.59. The van der Waals surface area contributed by atoms with Crippen molar-refractivity contribution in [2.45, 2.75) is 31.7 Å². The van der Waals surface area contributed by atoms with Crippen molar-refractivity contribution in [2.24, 2.45) is 5.92 Å². The van der Waals surface area contributed by atoms with Crippen LogP contribution >= 0.6 is 0 Å². The Morgan fingerprint density at radius 3 is 2.44 bits per heavy atom. The number of hydrogen-bond acceptors (Lipinski definition) is 4. The van der Waals surface area contributed by atoms with Gasteiger partial charge in [-0.2, -0.15) is 0 Å². The predicted octanol–water partition coefficient (Wildman–Crippen LogP) is 0.963. The van der Waals surface area contributed by atoms with Crippen LogP contribution in [-0.2, 0) is 4.79 Å². The first-order chi connectivity index (χ1) is 7.59. The van der Waals surface area contributed by atoms with Crippen LogP contribution in [0.5, 0.6) is 5.88 Å². The van der Waals surface area contributed by atoms with Crippen molar-refractivity contribution in [3.8, 4) is 5.88 Å². The predicted molar refractivity (Wildman–Crippen MR) is 53.3 cm³/mol. The first-order valence-electron chi connectivity index (χ1n) is 5.21. The Hall–Kier alpha value is -1.72. The summed E-state index contributed by atoms with van der Waals surface area (Å²) >= 11 is 0. The molecule has 0 saturated heterocycles. The average molecular weight is 227 g/mol. The van der Waals surface area contributed by atoms with E-state index < -0.39 is 11.7 Å². The second kappa shape index (κ2) is 4.03. The Kier molecular flexibility index (Phi) is 2.72. The van der Waals surface area contributed by atoms with Gasteiger partial charge < -0.3 is 14.6 Å². The molecule has 1 fully saturated rings. The molecule has 0 radical (unpaired) electrons. The lowest BCUT2D eigenvalue weighted by Gasteiger charge is -2.26. The van der Waals surface area contributed by atoms with Gasteiger partial charge in [-0.25, -0.2) is 9.36 Å². The fourth-order valence-corrected chi connectivity index (χ4v) is 2.23. The molecule has 0 amide bonds. The Bertz CT molecular complexity index is 438. The minimum absolute atomic E-state index is 0.151. The van der Waals surface area contributed by atoms with E-state index in [-0.39, 0.29) is 17.8 Å². The quantitative estimate of drug-likeness (QED) is 0.785. The number of aromatic hydroxyl groups is 1. The number of aliphatic carboxylic acids is 1. The van der Waals surface area contributed by atoms with Gasteiger partial charge in [-0.1, -0.05) is 0 Å². The van der Waals surface area contributed by atoms with Crippen molar-refractivity contribution in [3.63, 3.8) is 0 Å². The topological polar surface area (TPSA) is 92.7 Å². The van der Waals surface area contributed by atoms with Gasteiger partial charge in [-0.3, -0.25) is 4.79 Å². The van der Waals surface area contributed by atoms with Crippen LogP contribution in [0.4, 0.5) is 0 Å². The maximum atomic E-state index is 11.3. The molecular formula is C10H13NO5. The molecule has 0 atom stereocenters. The standard InChI is InChI=1S/C10H13NO5/c12-8-5-16-10(15)11(8)7-3-1-6(2-4-7)9(13)14/h5-7,12H,1-4H2,(H,13,14). The summed E-state index contributed by atoms with van der Waals surface area (Å²) < 4.78 is 5.76. The van der Waals surface area contributed by atoms with Crippen LogP contribution in [0.25, 0.3) is 0 Å². The van der Waals surface area contributed by atoms with Crippen LogP contribution < -0.4 is 5.76 Å². The maximum absolute atomic E-state index is 11.3. The van der Waals surface area contributed by atoms with Gasteiger partial charge >= 0.3 is 11.7 Å². The molecule has 0 aliphatic heterocycles. The number of oxazole rings is 1. The fraction of sp³-hybridized carbons (Fsp3) is 0.600. The third kappa shape index (κ3) is 1.82. The number of carboxylic acid groups (broad SMARTS) is 1. The third-order valence-electron chi connectivity index (χ3n) is 3.12. The normalized spacial score (nSPS) is 25.5. The summed E-state index contributed by atoms with van der Waals surface area (Å²) in [5.41, 5.74) is 0. The monoisotopic (exact) mass is 227 g/mol. The molecule has 1 aromatic heterocycles. The Balaban J connectivity index is 2.10. The van der Waals surface area contributed by atoms with Gasteiger partial charge in [0.15, 0.2) is 6.26 Å². The van der Waals surface area contributed by atoms with E-state index in [0.717, 1.165) is 6.26 Å². The fourth-order valence-electron chi connectivity index (χ4n) is 2.23. The number of hydrogen-bond donors (Lipinski definition) is 2. The summed E-state index contributed by atoms with van der Waals surface area (Å²) in [4.78, 5) is 22.0. The van der Waals surface area contributed by atoms with Crippen LogP contribution in [0.3, 0.4) is 0 Å². The Labute approximate surface area is 91.1 Å². The molecule has 88 valence electrons. The SMILES string of the molecule is O=C(O)C1CCC(n2c(O)coc2=O)CC1. The molecule has 1 aliphatic rings. The van der Waals surface area contributed by atoms with Gasteiger partial charge in [0, 0.05) is 6.04 Å². The molecule has 0 unspecified atom stereocenters. The zero-order chi connectivity index (χ0) is 11.7. The van der Waals surface area contributed by atoms with E-state index in [2.05, 4.69) is 4.42 Å². The molecule has 1 saturated carbocycles. The maximum Gasteiger partial charge on any atom is 0.422 e. The smallest absolute Gasteiger partial charge is 0.422 e. The molecule has 0 aromatic carbocycles. The zero-order valence-electron chi connectivity index (χ0n) is 8.63. The number of carboxylic acids is 1. The van der Waals surface area contributed by atoms with E-state index in [4.69, 9.17) is 5.11 Å². The lowest BCUT2D eigenvalue weighted by atomic mass is 9.86. The van der Waals surface area contributed by atoms with Crippen LogP contribution in [0.1, 0.15) is 31.7 Å². The van der Waals surface area contributed by atoms with Crippen LogP contribution in [0.2, 0.25) is 0 Å². The summed E-state index contributed by atoms with van der Waals surface area (Å²) in [6, 6.07) is -0.151. The number of aromatic nitrogens is 1. The van der Waals surface area contributed by atoms with Gasteiger partial charge in [0.1, 0.15) is 0 Å². The van der Waals surface area contributed by atoms with Gasteiger partial charge in [0.25, 0.3) is 0 Å². The van der Waals surface area contributed by atoms with Gasteiger partial charge in [-0.05, 0) is 25.7 Å². The van der Waals surface area contributed by atoms with Gasteiger partial charge in [0.05, 0.1) is 5.92 Å². The van der Waals surface area contributed by atoms with Crippen molar-refractivity contribution in [2.75, 3.05) is 0 Å². The molecule has 6 nitrogen and oxygen atoms in total. The highest BCUT2D eigenvalue weighted by molar-refractivity contribution is 5.70. The second-order valence-electron chi connectivity index (χ2n) is 4.07. The first-order valence-corrected chi connectivity index (χ1v) is 5.21.